The Balaban J connectivity index is 2.68. The van der Waals surface area contributed by atoms with Gasteiger partial charge < -0.3 is 11.1 Å². The first-order chi connectivity index (χ1) is 9.05. The fourth-order valence-electron chi connectivity index (χ4n) is 1.43. The molecule has 0 unspecified atom stereocenters. The average molecular weight is 279 g/mol. The third-order valence-electron chi connectivity index (χ3n) is 3.78. The number of nitrogens with zero attached hydrogens (tertiary/aromatic N) is 1. The van der Waals surface area contributed by atoms with Crippen molar-refractivity contribution in [3.8, 4) is 0 Å². The largest absolute Gasteiger partial charge is 0.352 e. The molecule has 6 nitrogen and oxygen atoms in total. The van der Waals surface area contributed by atoms with E-state index in [9.17, 15) is 14.9 Å². The number of nitrogens with two attached hydrogens (primary N) is 1. The molecule has 0 saturated carbocycles. The normalized spacial score (nSPS) is 12.1. The first-order valence-corrected chi connectivity index (χ1v) is 6.36. The summed E-state index contributed by atoms with van der Waals surface area (Å²) in [4.78, 5) is 22.2. The summed E-state index contributed by atoms with van der Waals surface area (Å²) in [6.07, 6.45) is 0. The van der Waals surface area contributed by atoms with Gasteiger partial charge >= 0.3 is 0 Å². The molecule has 0 heterocycles. The Hall–Kier alpha value is -1.95. The molecule has 0 aliphatic rings. The van der Waals surface area contributed by atoms with Crippen molar-refractivity contribution in [3.63, 3.8) is 0 Å². The number of non-ortho nitro benzene ring substituents is 1. The molecule has 0 fully saturated rings. The minimum atomic E-state index is -0.715. The molecule has 3 N–H and O–H groups in total. The number of rotatable bonds is 5. The Kier molecular flexibility index (Phi) is 4.50. The first-order valence-electron chi connectivity index (χ1n) is 6.36. The number of hydrogen-bond acceptors (Lipinski definition) is 4. The Morgan fingerprint density at radius 2 is 1.75 bits per heavy atom. The third-order valence-corrected chi connectivity index (χ3v) is 3.78. The molecule has 0 atom stereocenters. The second-order valence-corrected chi connectivity index (χ2v) is 5.95. The number of hydrogen-bond donors (Lipinski definition) is 2. The zero-order valence-corrected chi connectivity index (χ0v) is 12.3. The monoisotopic (exact) mass is 279 g/mol. The van der Waals surface area contributed by atoms with Gasteiger partial charge in [0.1, 0.15) is 0 Å². The maximum absolute atomic E-state index is 12.2. The number of carbonyl (C=O) groups excluding carboxylic acids is 1. The predicted molar refractivity (Wildman–Crippen MR) is 77.0 cm³/mol. The molecule has 0 spiro atoms. The second-order valence-electron chi connectivity index (χ2n) is 5.95. The molecule has 1 amide bonds. The minimum absolute atomic E-state index is 0.0310. The van der Waals surface area contributed by atoms with Crippen LogP contribution < -0.4 is 11.1 Å². The lowest BCUT2D eigenvalue weighted by Crippen LogP contribution is -2.55. The van der Waals surface area contributed by atoms with Gasteiger partial charge in [-0.2, -0.15) is 0 Å². The summed E-state index contributed by atoms with van der Waals surface area (Å²) in [5.41, 5.74) is 5.47. The van der Waals surface area contributed by atoms with Crippen LogP contribution in [-0.4, -0.2) is 16.4 Å². The highest BCUT2D eigenvalue weighted by molar-refractivity contribution is 5.83. The van der Waals surface area contributed by atoms with Gasteiger partial charge in [0.2, 0.25) is 5.91 Å². The molecular formula is C14H21N3O3. The Labute approximate surface area is 118 Å². The summed E-state index contributed by atoms with van der Waals surface area (Å²) in [5, 5.41) is 13.3. The Morgan fingerprint density at radius 3 is 2.15 bits per heavy atom. The van der Waals surface area contributed by atoms with Gasteiger partial charge in [-0.1, -0.05) is 12.1 Å². The van der Waals surface area contributed by atoms with Crippen molar-refractivity contribution in [2.24, 2.45) is 11.1 Å². The van der Waals surface area contributed by atoms with Crippen molar-refractivity contribution >= 4 is 11.6 Å². The van der Waals surface area contributed by atoms with E-state index in [1.807, 2.05) is 0 Å². The lowest BCUT2D eigenvalue weighted by molar-refractivity contribution is -0.384. The standard InChI is InChI=1S/C14H21N3O3/c1-13(2,14(3,4)15)12(18)16-9-10-5-7-11(8-6-10)17(19)20/h5-8H,9,15H2,1-4H3,(H,16,18). The van der Waals surface area contributed by atoms with E-state index in [0.29, 0.717) is 6.54 Å². The molecule has 6 heteroatoms. The lowest BCUT2D eigenvalue weighted by atomic mass is 9.74. The molecule has 0 aliphatic carbocycles. The first kappa shape index (κ1) is 16.1. The molecule has 110 valence electrons. The van der Waals surface area contributed by atoms with Crippen molar-refractivity contribution in [2.45, 2.75) is 39.8 Å². The van der Waals surface area contributed by atoms with Gasteiger partial charge in [0, 0.05) is 24.2 Å². The highest BCUT2D eigenvalue weighted by Crippen LogP contribution is 2.28. The van der Waals surface area contributed by atoms with E-state index in [-0.39, 0.29) is 11.6 Å². The Bertz CT molecular complexity index is 501. The highest BCUT2D eigenvalue weighted by atomic mass is 16.6. The van der Waals surface area contributed by atoms with Crippen LogP contribution in [0.3, 0.4) is 0 Å². The minimum Gasteiger partial charge on any atom is -0.352 e. The van der Waals surface area contributed by atoms with Crippen LogP contribution in [0.4, 0.5) is 5.69 Å². The van der Waals surface area contributed by atoms with Gasteiger partial charge in [-0.05, 0) is 33.3 Å². The zero-order valence-electron chi connectivity index (χ0n) is 12.3. The summed E-state index contributed by atoms with van der Waals surface area (Å²) >= 11 is 0. The molecule has 20 heavy (non-hydrogen) atoms. The molecule has 0 bridgehead atoms. The molecule has 1 aromatic rings. The van der Waals surface area contributed by atoms with Crippen LogP contribution in [-0.2, 0) is 11.3 Å². The average Bonchev–Trinajstić information content (AvgIpc) is 2.34. The smallest absolute Gasteiger partial charge is 0.269 e. The van der Waals surface area contributed by atoms with Crippen LogP contribution in [0.5, 0.6) is 0 Å². The second kappa shape index (κ2) is 5.58. The van der Waals surface area contributed by atoms with Crippen LogP contribution in [0.25, 0.3) is 0 Å². The van der Waals surface area contributed by atoms with Crippen LogP contribution in [0.1, 0.15) is 33.3 Å². The molecule has 0 saturated heterocycles. The number of amides is 1. The van der Waals surface area contributed by atoms with Crippen LogP contribution in [0, 0.1) is 15.5 Å². The molecule has 1 rings (SSSR count). The zero-order chi connectivity index (χ0) is 15.6. The van der Waals surface area contributed by atoms with Crippen molar-refractivity contribution in [1.82, 2.24) is 5.32 Å². The third kappa shape index (κ3) is 3.54. The maximum Gasteiger partial charge on any atom is 0.269 e. The number of nitrogens with one attached hydrogen (secondary N) is 1. The fourth-order valence-corrected chi connectivity index (χ4v) is 1.43. The van der Waals surface area contributed by atoms with E-state index in [0.717, 1.165) is 5.56 Å². The number of carbonyl (C=O) groups is 1. The number of benzene rings is 1. The molecule has 0 aliphatic heterocycles. The van der Waals surface area contributed by atoms with Gasteiger partial charge in [0.05, 0.1) is 10.3 Å². The summed E-state index contributed by atoms with van der Waals surface area (Å²) in [6.45, 7) is 7.50. The van der Waals surface area contributed by atoms with E-state index in [1.54, 1.807) is 39.8 Å². The molecular weight excluding hydrogens is 258 g/mol. The quantitative estimate of drug-likeness (QED) is 0.636. The van der Waals surface area contributed by atoms with Crippen molar-refractivity contribution in [2.75, 3.05) is 0 Å². The summed E-state index contributed by atoms with van der Waals surface area (Å²) < 4.78 is 0. The summed E-state index contributed by atoms with van der Waals surface area (Å²) in [5.74, 6) is -0.150. The van der Waals surface area contributed by atoms with Crippen LogP contribution >= 0.6 is 0 Å². The fraction of sp³-hybridized carbons (Fsp3) is 0.500. The van der Waals surface area contributed by atoms with Crippen molar-refractivity contribution in [3.05, 3.63) is 39.9 Å². The number of nitro benzene ring substituents is 1. The topological polar surface area (TPSA) is 98.3 Å². The van der Waals surface area contributed by atoms with E-state index in [4.69, 9.17) is 5.73 Å². The maximum atomic E-state index is 12.2. The van der Waals surface area contributed by atoms with Crippen molar-refractivity contribution in [1.29, 1.82) is 0 Å². The van der Waals surface area contributed by atoms with Gasteiger partial charge in [0.15, 0.2) is 0 Å². The SMILES string of the molecule is CC(C)(N)C(C)(C)C(=O)NCc1ccc([N+](=O)[O-])cc1. The van der Waals surface area contributed by atoms with Crippen LogP contribution in [0.2, 0.25) is 0 Å². The van der Waals surface area contributed by atoms with Gasteiger partial charge in [-0.3, -0.25) is 14.9 Å². The molecule has 0 radical (unpaired) electrons. The van der Waals surface area contributed by atoms with E-state index in [1.165, 1.54) is 12.1 Å². The Morgan fingerprint density at radius 1 is 1.25 bits per heavy atom. The summed E-state index contributed by atoms with van der Waals surface area (Å²) in [6, 6.07) is 6.08. The highest BCUT2D eigenvalue weighted by Gasteiger charge is 2.40. The predicted octanol–water partition coefficient (Wildman–Crippen LogP) is 1.97. The van der Waals surface area contributed by atoms with Crippen LogP contribution in [0.15, 0.2) is 24.3 Å². The molecule has 1 aromatic carbocycles. The number of nitro groups is 1. The van der Waals surface area contributed by atoms with Gasteiger partial charge in [-0.25, -0.2) is 0 Å². The van der Waals surface area contributed by atoms with Gasteiger partial charge in [0.25, 0.3) is 5.69 Å². The van der Waals surface area contributed by atoms with E-state index < -0.39 is 15.9 Å². The van der Waals surface area contributed by atoms with Crippen molar-refractivity contribution < 1.29 is 9.72 Å². The summed E-state index contributed by atoms with van der Waals surface area (Å²) in [7, 11) is 0. The molecule has 0 aromatic heterocycles. The van der Waals surface area contributed by atoms with E-state index in [2.05, 4.69) is 5.32 Å². The lowest BCUT2D eigenvalue weighted by Gasteiger charge is -2.36. The van der Waals surface area contributed by atoms with E-state index >= 15 is 0 Å². The van der Waals surface area contributed by atoms with Gasteiger partial charge in [-0.15, -0.1) is 0 Å².